The third-order valence-electron chi connectivity index (χ3n) is 17.1. The maximum Gasteiger partial charge on any atom is 0.333 e. The van der Waals surface area contributed by atoms with Crippen LogP contribution in [0.25, 0.3) is 22.3 Å². The molecule has 78 heavy (non-hydrogen) atoms. The Labute approximate surface area is 463 Å². The molecule has 4 heteroatoms. The van der Waals surface area contributed by atoms with Gasteiger partial charge in [-0.2, -0.15) is 0 Å². The highest BCUT2D eigenvalue weighted by Crippen LogP contribution is 2.60. The third-order valence-corrected chi connectivity index (χ3v) is 17.1. The molecule has 382 valence electrons. The monoisotopic (exact) mass is 1010 g/mol. The van der Waals surface area contributed by atoms with Crippen molar-refractivity contribution in [2.24, 2.45) is 0 Å². The molecule has 3 aliphatic heterocycles. The van der Waals surface area contributed by atoms with Crippen molar-refractivity contribution in [3.05, 3.63) is 275 Å². The van der Waals surface area contributed by atoms with Crippen LogP contribution in [0.2, 0.25) is 0 Å². The molecule has 0 aliphatic carbocycles. The first-order chi connectivity index (χ1) is 37.5. The molecule has 10 aromatic carbocycles. The maximum absolute atomic E-state index is 2.69. The Morgan fingerprint density at radius 3 is 1.49 bits per heavy atom. The summed E-state index contributed by atoms with van der Waals surface area (Å²) in [4.78, 5) is 7.79. The average Bonchev–Trinajstić information content (AvgIpc) is 3.58. The zero-order valence-electron chi connectivity index (χ0n) is 46.9. The molecule has 0 amide bonds. The minimum atomic E-state index is -0.626. The molecule has 0 N–H and O–H groups in total. The van der Waals surface area contributed by atoms with Gasteiger partial charge in [-0.25, -0.2) is 0 Å². The van der Waals surface area contributed by atoms with Crippen LogP contribution in [-0.4, -0.2) is 6.85 Å². The molecule has 0 unspecified atom stereocenters. The summed E-state index contributed by atoms with van der Waals surface area (Å²) >= 11 is 0. The molecule has 0 fully saturated rings. The number of anilines is 8. The SMILES string of the molecule is Cc1ccccc1-c1cc2c3c(c1)N1c4ccccc4C(c4ccccc4)(c4ccccc4)c4cccc(c41)B3N(c1ccc(C(C)(C)C)cc1)c1cc(N(c3ccc(C(C)(C)C)cc3)c3ccc(C(C)(C)C)cc3)ccc1-2. The lowest BCUT2D eigenvalue weighted by molar-refractivity contribution is 0.590. The molecule has 0 spiro atoms. The molecule has 0 saturated carbocycles. The van der Waals surface area contributed by atoms with Crippen molar-refractivity contribution in [1.29, 1.82) is 0 Å². The van der Waals surface area contributed by atoms with E-state index in [9.17, 15) is 0 Å². The first kappa shape index (κ1) is 49.3. The Balaban J connectivity index is 1.14. The van der Waals surface area contributed by atoms with Gasteiger partial charge in [0.2, 0.25) is 0 Å². The van der Waals surface area contributed by atoms with Gasteiger partial charge < -0.3 is 14.6 Å². The molecule has 0 bridgehead atoms. The number of aryl methyl sites for hydroxylation is 1. The Hall–Kier alpha value is -8.34. The van der Waals surface area contributed by atoms with E-state index in [1.807, 2.05) is 0 Å². The van der Waals surface area contributed by atoms with Gasteiger partial charge in [-0.15, -0.1) is 0 Å². The van der Waals surface area contributed by atoms with Gasteiger partial charge in [-0.3, -0.25) is 0 Å². The first-order valence-electron chi connectivity index (χ1n) is 28.0. The average molecular weight is 1010 g/mol. The van der Waals surface area contributed by atoms with Crippen molar-refractivity contribution in [3.8, 4) is 22.3 Å². The van der Waals surface area contributed by atoms with Crippen molar-refractivity contribution in [1.82, 2.24) is 0 Å². The van der Waals surface area contributed by atoms with E-state index in [1.165, 1.54) is 100 Å². The van der Waals surface area contributed by atoms with Crippen LogP contribution in [0.15, 0.2) is 231 Å². The number of fused-ring (bicyclic) bond motifs is 6. The number of benzene rings is 10. The first-order valence-corrected chi connectivity index (χ1v) is 28.0. The summed E-state index contributed by atoms with van der Waals surface area (Å²) in [6.45, 7) is 22.7. The van der Waals surface area contributed by atoms with Crippen molar-refractivity contribution >= 4 is 63.3 Å². The zero-order chi connectivity index (χ0) is 53.9. The van der Waals surface area contributed by atoms with Crippen LogP contribution in [-0.2, 0) is 21.7 Å². The molecule has 3 nitrogen and oxygen atoms in total. The van der Waals surface area contributed by atoms with Gasteiger partial charge in [-0.05, 0) is 162 Å². The van der Waals surface area contributed by atoms with Gasteiger partial charge in [0.05, 0.1) is 11.1 Å². The second kappa shape index (κ2) is 18.1. The fourth-order valence-corrected chi connectivity index (χ4v) is 13.1. The molecule has 3 aliphatic rings. The van der Waals surface area contributed by atoms with Crippen LogP contribution < -0.4 is 25.5 Å². The number of rotatable bonds is 7. The minimum absolute atomic E-state index is 0.0156. The number of nitrogens with zero attached hydrogens (tertiary/aromatic N) is 3. The predicted octanol–water partition coefficient (Wildman–Crippen LogP) is 18.4. The van der Waals surface area contributed by atoms with E-state index in [0.717, 1.165) is 22.7 Å². The Morgan fingerprint density at radius 1 is 0.397 bits per heavy atom. The molecule has 0 aromatic heterocycles. The van der Waals surface area contributed by atoms with E-state index in [-0.39, 0.29) is 23.1 Å². The van der Waals surface area contributed by atoms with Crippen LogP contribution in [0.1, 0.15) is 107 Å². The lowest BCUT2D eigenvalue weighted by Crippen LogP contribution is -2.62. The minimum Gasteiger partial charge on any atom is -0.376 e. The summed E-state index contributed by atoms with van der Waals surface area (Å²) in [7, 11) is 0. The van der Waals surface area contributed by atoms with Gasteiger partial charge in [0, 0.05) is 45.4 Å². The van der Waals surface area contributed by atoms with Crippen molar-refractivity contribution in [2.75, 3.05) is 14.6 Å². The van der Waals surface area contributed by atoms with Crippen molar-refractivity contribution < 1.29 is 0 Å². The van der Waals surface area contributed by atoms with E-state index in [1.54, 1.807) is 0 Å². The predicted molar refractivity (Wildman–Crippen MR) is 333 cm³/mol. The van der Waals surface area contributed by atoms with Crippen LogP contribution in [0.4, 0.5) is 45.5 Å². The van der Waals surface area contributed by atoms with Crippen molar-refractivity contribution in [2.45, 2.75) is 90.9 Å². The van der Waals surface area contributed by atoms with Gasteiger partial charge in [0.15, 0.2) is 0 Å². The van der Waals surface area contributed by atoms with E-state index < -0.39 is 5.41 Å². The molecule has 0 atom stereocenters. The second-order valence-corrected chi connectivity index (χ2v) is 25.0. The van der Waals surface area contributed by atoms with Gasteiger partial charge in [-0.1, -0.05) is 226 Å². The zero-order valence-corrected chi connectivity index (χ0v) is 46.9. The largest absolute Gasteiger partial charge is 0.376 e. The van der Waals surface area contributed by atoms with E-state index in [0.29, 0.717) is 0 Å². The summed E-state index contributed by atoms with van der Waals surface area (Å²) in [5.41, 5.74) is 26.4. The Kier molecular flexibility index (Phi) is 11.5. The molecule has 0 radical (unpaired) electrons. The number of hydrogen-bond acceptors (Lipinski definition) is 3. The van der Waals surface area contributed by atoms with E-state index in [2.05, 4.69) is 314 Å². The smallest absolute Gasteiger partial charge is 0.333 e. The number of para-hydroxylation sites is 2. The van der Waals surface area contributed by atoms with E-state index in [4.69, 9.17) is 0 Å². The van der Waals surface area contributed by atoms with Gasteiger partial charge >= 0.3 is 6.85 Å². The van der Waals surface area contributed by atoms with Crippen LogP contribution in [0.5, 0.6) is 0 Å². The summed E-state index contributed by atoms with van der Waals surface area (Å²) in [5, 5.41) is 0. The Morgan fingerprint density at radius 2 is 0.910 bits per heavy atom. The summed E-state index contributed by atoms with van der Waals surface area (Å²) in [6, 6.07) is 88.0. The third kappa shape index (κ3) is 7.78. The molecular weight excluding hydrogens is 942 g/mol. The molecule has 0 saturated heterocycles. The van der Waals surface area contributed by atoms with Gasteiger partial charge in [0.25, 0.3) is 0 Å². The maximum atomic E-state index is 2.69. The lowest BCUT2D eigenvalue weighted by atomic mass is 9.42. The van der Waals surface area contributed by atoms with Crippen LogP contribution in [0.3, 0.4) is 0 Å². The van der Waals surface area contributed by atoms with Crippen LogP contribution in [0, 0.1) is 6.92 Å². The fourth-order valence-electron chi connectivity index (χ4n) is 13.1. The highest BCUT2D eigenvalue weighted by atomic mass is 15.2. The van der Waals surface area contributed by atoms with E-state index >= 15 is 0 Å². The number of hydrogen-bond donors (Lipinski definition) is 0. The molecule has 13 rings (SSSR count). The molecule has 10 aromatic rings. The summed E-state index contributed by atoms with van der Waals surface area (Å²) in [5.74, 6) is 0. The molecular formula is C74H68BN3. The van der Waals surface area contributed by atoms with Crippen LogP contribution >= 0.6 is 0 Å². The quantitative estimate of drug-likeness (QED) is 0.147. The van der Waals surface area contributed by atoms with Crippen molar-refractivity contribution in [3.63, 3.8) is 0 Å². The highest BCUT2D eigenvalue weighted by molar-refractivity contribution is 6.93. The highest BCUT2D eigenvalue weighted by Gasteiger charge is 2.53. The standard InChI is InChI=1S/C74H68BN3/c1-49-22-17-18-27-60(49)50-46-62-61-45-44-59(76(56-38-32-51(33-39-56)71(2,3)4)57-40-34-52(35-41-57)72(5,6)7)48-67(61)78(58-42-36-53(37-43-58)73(8,9)10)75-65-30-21-29-64-70(65)77(68(47-50)69(62)75)66-31-20-19-28-63(66)74(64,54-23-13-11-14-24-54)55-25-15-12-16-26-55/h11-48H,1-10H3. The van der Waals surface area contributed by atoms with Gasteiger partial charge in [0.1, 0.15) is 0 Å². The summed E-state index contributed by atoms with van der Waals surface area (Å²) < 4.78 is 0. The Bertz CT molecular complexity index is 3820. The fraction of sp³-hybridized carbons (Fsp3) is 0.189. The second-order valence-electron chi connectivity index (χ2n) is 25.0. The lowest BCUT2D eigenvalue weighted by Gasteiger charge is -2.52. The summed E-state index contributed by atoms with van der Waals surface area (Å²) in [6.07, 6.45) is 0. The molecule has 3 heterocycles. The normalized spacial score (nSPS) is 14.1. The topological polar surface area (TPSA) is 9.72 Å².